The van der Waals surface area contributed by atoms with Crippen LogP contribution in [0.1, 0.15) is 17.3 Å². The fourth-order valence-electron chi connectivity index (χ4n) is 1.79. The van der Waals surface area contributed by atoms with Crippen LogP contribution >= 0.6 is 0 Å². The minimum absolute atomic E-state index is 0.355. The number of pyridine rings is 1. The Morgan fingerprint density at radius 2 is 1.90 bits per heavy atom. The summed E-state index contributed by atoms with van der Waals surface area (Å²) in [5, 5.41) is 3.19. The van der Waals surface area contributed by atoms with E-state index in [9.17, 15) is 4.79 Å². The molecule has 110 valence electrons. The highest BCUT2D eigenvalue weighted by Crippen LogP contribution is 2.19. The third kappa shape index (κ3) is 3.95. The molecule has 0 unspecified atom stereocenters. The van der Waals surface area contributed by atoms with Gasteiger partial charge in [0.2, 0.25) is 0 Å². The number of anilines is 3. The smallest absolute Gasteiger partial charge is 0.339 e. The van der Waals surface area contributed by atoms with Gasteiger partial charge in [0.25, 0.3) is 0 Å². The average Bonchev–Trinajstić information content (AvgIpc) is 2.49. The van der Waals surface area contributed by atoms with E-state index in [1.807, 2.05) is 43.3 Å². The van der Waals surface area contributed by atoms with Crippen molar-refractivity contribution in [3.05, 3.63) is 48.2 Å². The number of nitrogens with one attached hydrogen (secondary N) is 1. The minimum atomic E-state index is -0.355. The van der Waals surface area contributed by atoms with Gasteiger partial charge in [-0.25, -0.2) is 9.78 Å². The summed E-state index contributed by atoms with van der Waals surface area (Å²) < 4.78 is 4.92. The molecule has 0 saturated heterocycles. The number of hydrogen-bond donors (Lipinski definition) is 1. The highest BCUT2D eigenvalue weighted by atomic mass is 16.5. The van der Waals surface area contributed by atoms with Crippen molar-refractivity contribution in [3.63, 3.8) is 0 Å². The Labute approximate surface area is 124 Å². The first-order valence-corrected chi connectivity index (χ1v) is 6.77. The first-order valence-electron chi connectivity index (χ1n) is 6.77. The summed E-state index contributed by atoms with van der Waals surface area (Å²) in [6, 6.07) is 11.5. The van der Waals surface area contributed by atoms with Crippen LogP contribution in [0.25, 0.3) is 0 Å². The number of nitrogens with zero attached hydrogens (tertiary/aromatic N) is 2. The van der Waals surface area contributed by atoms with E-state index in [1.54, 1.807) is 19.1 Å². The molecule has 2 aromatic rings. The van der Waals surface area contributed by atoms with E-state index in [0.717, 1.165) is 11.4 Å². The molecule has 0 radical (unpaired) electrons. The molecule has 0 aliphatic rings. The maximum absolute atomic E-state index is 11.5. The Hall–Kier alpha value is -2.56. The molecular weight excluding hydrogens is 266 g/mol. The molecule has 0 aliphatic heterocycles. The van der Waals surface area contributed by atoms with Crippen molar-refractivity contribution in [2.75, 3.05) is 30.9 Å². The van der Waals surface area contributed by atoms with E-state index < -0.39 is 0 Å². The molecule has 0 amide bonds. The predicted octanol–water partition coefficient (Wildman–Crippen LogP) is 3.07. The maximum atomic E-state index is 11.5. The van der Waals surface area contributed by atoms with Crippen molar-refractivity contribution in [1.29, 1.82) is 0 Å². The molecule has 1 aromatic carbocycles. The molecule has 0 spiro atoms. The molecule has 5 heteroatoms. The summed E-state index contributed by atoms with van der Waals surface area (Å²) in [5.74, 6) is 0.326. The van der Waals surface area contributed by atoms with Crippen LogP contribution < -0.4 is 10.2 Å². The Morgan fingerprint density at radius 1 is 1.19 bits per heavy atom. The number of hydrogen-bond acceptors (Lipinski definition) is 5. The topological polar surface area (TPSA) is 54.5 Å². The lowest BCUT2D eigenvalue weighted by atomic mass is 10.2. The SMILES string of the molecule is CCOC(=O)c1ccc(Nc2ccc(N(C)C)cc2)nc1. The summed E-state index contributed by atoms with van der Waals surface area (Å²) in [6.45, 7) is 2.13. The van der Waals surface area contributed by atoms with Crippen LogP contribution in [0.4, 0.5) is 17.2 Å². The van der Waals surface area contributed by atoms with Gasteiger partial charge in [0, 0.05) is 31.7 Å². The summed E-state index contributed by atoms with van der Waals surface area (Å²) in [7, 11) is 4.00. The second kappa shape index (κ2) is 6.74. The Kier molecular flexibility index (Phi) is 4.77. The lowest BCUT2D eigenvalue weighted by molar-refractivity contribution is 0.0526. The molecule has 1 aromatic heterocycles. The number of ether oxygens (including phenoxy) is 1. The van der Waals surface area contributed by atoms with Crippen LogP contribution in [0.2, 0.25) is 0 Å². The summed E-state index contributed by atoms with van der Waals surface area (Å²) in [6.07, 6.45) is 1.51. The van der Waals surface area contributed by atoms with Gasteiger partial charge in [0.1, 0.15) is 5.82 Å². The summed E-state index contributed by atoms with van der Waals surface area (Å²) in [5.41, 5.74) is 2.52. The number of benzene rings is 1. The van der Waals surface area contributed by atoms with Crippen LogP contribution in [0.15, 0.2) is 42.6 Å². The first-order chi connectivity index (χ1) is 10.1. The maximum Gasteiger partial charge on any atom is 0.339 e. The van der Waals surface area contributed by atoms with Crippen molar-refractivity contribution in [3.8, 4) is 0 Å². The number of aromatic nitrogens is 1. The molecular formula is C16H19N3O2. The van der Waals surface area contributed by atoms with Crippen molar-refractivity contribution >= 4 is 23.2 Å². The largest absolute Gasteiger partial charge is 0.462 e. The molecule has 0 aliphatic carbocycles. The van der Waals surface area contributed by atoms with Gasteiger partial charge in [-0.3, -0.25) is 0 Å². The molecule has 2 rings (SSSR count). The number of esters is 1. The standard InChI is InChI=1S/C16H19N3O2/c1-4-21-16(20)12-5-10-15(17-11-12)18-13-6-8-14(9-7-13)19(2)3/h5-11H,4H2,1-3H3,(H,17,18). The molecule has 0 atom stereocenters. The third-order valence-electron chi connectivity index (χ3n) is 2.93. The van der Waals surface area contributed by atoms with E-state index in [4.69, 9.17) is 4.74 Å². The van der Waals surface area contributed by atoms with E-state index in [0.29, 0.717) is 18.0 Å². The van der Waals surface area contributed by atoms with Crippen molar-refractivity contribution in [1.82, 2.24) is 4.98 Å². The molecule has 0 fully saturated rings. The zero-order chi connectivity index (χ0) is 15.2. The van der Waals surface area contributed by atoms with Gasteiger partial charge >= 0.3 is 5.97 Å². The molecule has 21 heavy (non-hydrogen) atoms. The van der Waals surface area contributed by atoms with Crippen LogP contribution in [-0.4, -0.2) is 31.7 Å². The van der Waals surface area contributed by atoms with Gasteiger partial charge in [0.15, 0.2) is 0 Å². The van der Waals surface area contributed by atoms with Gasteiger partial charge in [-0.15, -0.1) is 0 Å². The molecule has 0 bridgehead atoms. The highest BCUT2D eigenvalue weighted by Gasteiger charge is 2.06. The second-order valence-corrected chi connectivity index (χ2v) is 4.72. The highest BCUT2D eigenvalue weighted by molar-refractivity contribution is 5.89. The quantitative estimate of drug-likeness (QED) is 0.856. The van der Waals surface area contributed by atoms with E-state index in [-0.39, 0.29) is 5.97 Å². The predicted molar refractivity (Wildman–Crippen MR) is 84.2 cm³/mol. The monoisotopic (exact) mass is 285 g/mol. The number of carbonyl (C=O) groups is 1. The zero-order valence-corrected chi connectivity index (χ0v) is 12.5. The zero-order valence-electron chi connectivity index (χ0n) is 12.5. The van der Waals surface area contributed by atoms with Gasteiger partial charge in [-0.05, 0) is 43.3 Å². The molecule has 1 N–H and O–H groups in total. The second-order valence-electron chi connectivity index (χ2n) is 4.72. The van der Waals surface area contributed by atoms with Gasteiger partial charge < -0.3 is 15.0 Å². The van der Waals surface area contributed by atoms with Crippen molar-refractivity contribution < 1.29 is 9.53 Å². The van der Waals surface area contributed by atoms with Gasteiger partial charge in [-0.1, -0.05) is 0 Å². The number of carbonyl (C=O) groups excluding carboxylic acids is 1. The minimum Gasteiger partial charge on any atom is -0.462 e. The lowest BCUT2D eigenvalue weighted by Gasteiger charge is -2.13. The van der Waals surface area contributed by atoms with Gasteiger partial charge in [-0.2, -0.15) is 0 Å². The van der Waals surface area contributed by atoms with Crippen LogP contribution in [0, 0.1) is 0 Å². The normalized spacial score (nSPS) is 10.0. The Bertz CT molecular complexity index is 592. The summed E-state index contributed by atoms with van der Waals surface area (Å²) in [4.78, 5) is 17.8. The molecule has 1 heterocycles. The van der Waals surface area contributed by atoms with Crippen molar-refractivity contribution in [2.45, 2.75) is 6.92 Å². The lowest BCUT2D eigenvalue weighted by Crippen LogP contribution is -2.08. The number of rotatable bonds is 5. The summed E-state index contributed by atoms with van der Waals surface area (Å²) >= 11 is 0. The van der Waals surface area contributed by atoms with E-state index >= 15 is 0 Å². The Morgan fingerprint density at radius 3 is 2.43 bits per heavy atom. The van der Waals surface area contributed by atoms with Gasteiger partial charge in [0.05, 0.1) is 12.2 Å². The van der Waals surface area contributed by atoms with Crippen molar-refractivity contribution in [2.24, 2.45) is 0 Å². The fourth-order valence-corrected chi connectivity index (χ4v) is 1.79. The third-order valence-corrected chi connectivity index (χ3v) is 2.93. The van der Waals surface area contributed by atoms with E-state index in [2.05, 4.69) is 10.3 Å². The molecule has 0 saturated carbocycles. The average molecular weight is 285 g/mol. The van der Waals surface area contributed by atoms with Crippen LogP contribution in [-0.2, 0) is 4.74 Å². The van der Waals surface area contributed by atoms with Crippen LogP contribution in [0.5, 0.6) is 0 Å². The first kappa shape index (κ1) is 14.8. The van der Waals surface area contributed by atoms with Crippen LogP contribution in [0.3, 0.4) is 0 Å². The fraction of sp³-hybridized carbons (Fsp3) is 0.250. The van der Waals surface area contributed by atoms with E-state index in [1.165, 1.54) is 6.20 Å². The molecule has 5 nitrogen and oxygen atoms in total. The Balaban J connectivity index is 2.04.